The normalized spacial score (nSPS) is 12.0. The van der Waals surface area contributed by atoms with Gasteiger partial charge in [-0.3, -0.25) is 9.69 Å². The van der Waals surface area contributed by atoms with Crippen molar-refractivity contribution < 1.29 is 14.4 Å². The van der Waals surface area contributed by atoms with Crippen LogP contribution < -0.4 is 0 Å². The van der Waals surface area contributed by atoms with E-state index in [2.05, 4.69) is 10.1 Å². The molecule has 0 bridgehead atoms. The molecule has 0 aliphatic heterocycles. The number of carboxylic acids is 1. The van der Waals surface area contributed by atoms with Crippen LogP contribution in [0, 0.1) is 0 Å². The number of hydrogen-bond acceptors (Lipinski definition) is 6. The van der Waals surface area contributed by atoms with Crippen molar-refractivity contribution in [2.75, 3.05) is 6.54 Å². The lowest BCUT2D eigenvalue weighted by Gasteiger charge is -2.34. The van der Waals surface area contributed by atoms with Crippen molar-refractivity contribution in [3.05, 3.63) is 23.4 Å². The van der Waals surface area contributed by atoms with Crippen LogP contribution >= 0.6 is 11.3 Å². The molecule has 0 aromatic carbocycles. The zero-order chi connectivity index (χ0) is 15.5. The Balaban J connectivity index is 2.08. The molecule has 2 aromatic heterocycles. The van der Waals surface area contributed by atoms with Gasteiger partial charge in [0.15, 0.2) is 0 Å². The predicted molar refractivity (Wildman–Crippen MR) is 80.0 cm³/mol. The fourth-order valence-electron chi connectivity index (χ4n) is 1.87. The first-order valence-corrected chi connectivity index (χ1v) is 7.57. The minimum absolute atomic E-state index is 0.0865. The summed E-state index contributed by atoms with van der Waals surface area (Å²) in [5.74, 6) is 0.264. The second-order valence-corrected chi connectivity index (χ2v) is 6.67. The molecule has 0 fully saturated rings. The van der Waals surface area contributed by atoms with Crippen LogP contribution in [-0.2, 0) is 11.3 Å². The van der Waals surface area contributed by atoms with Crippen LogP contribution in [0.3, 0.4) is 0 Å². The third kappa shape index (κ3) is 4.37. The Kier molecular flexibility index (Phi) is 4.74. The molecular formula is C14H19N3O3S. The first kappa shape index (κ1) is 15.7. The highest BCUT2D eigenvalue weighted by molar-refractivity contribution is 7.13. The van der Waals surface area contributed by atoms with Gasteiger partial charge in [-0.15, -0.1) is 11.3 Å². The summed E-state index contributed by atoms with van der Waals surface area (Å²) in [6.45, 7) is 6.98. The maximum absolute atomic E-state index is 10.8. The van der Waals surface area contributed by atoms with E-state index in [1.165, 1.54) is 0 Å². The fourth-order valence-corrected chi connectivity index (χ4v) is 2.52. The van der Waals surface area contributed by atoms with Gasteiger partial charge >= 0.3 is 5.97 Å². The summed E-state index contributed by atoms with van der Waals surface area (Å²) >= 11 is 1.55. The van der Waals surface area contributed by atoms with Gasteiger partial charge in [0, 0.05) is 12.1 Å². The third-order valence-corrected chi connectivity index (χ3v) is 3.95. The summed E-state index contributed by atoms with van der Waals surface area (Å²) in [6, 6.07) is 3.87. The number of thiophene rings is 1. The Morgan fingerprint density at radius 3 is 2.81 bits per heavy atom. The van der Waals surface area contributed by atoms with Crippen molar-refractivity contribution >= 4 is 17.3 Å². The number of nitrogens with zero attached hydrogens (tertiary/aromatic N) is 3. The second-order valence-electron chi connectivity index (χ2n) is 5.73. The number of aliphatic carboxylic acids is 1. The summed E-state index contributed by atoms with van der Waals surface area (Å²) in [6.07, 6.45) is 0.0865. The molecule has 1 N–H and O–H groups in total. The topological polar surface area (TPSA) is 79.5 Å². The van der Waals surface area contributed by atoms with Crippen molar-refractivity contribution in [2.45, 2.75) is 39.3 Å². The van der Waals surface area contributed by atoms with Crippen LogP contribution in [0.5, 0.6) is 0 Å². The number of carbonyl (C=O) groups is 1. The summed E-state index contributed by atoms with van der Waals surface area (Å²) < 4.78 is 5.28. The second kappa shape index (κ2) is 6.36. The molecule has 0 saturated heterocycles. The van der Waals surface area contributed by atoms with Gasteiger partial charge in [-0.2, -0.15) is 4.98 Å². The Morgan fingerprint density at radius 1 is 1.48 bits per heavy atom. The molecule has 0 radical (unpaired) electrons. The highest BCUT2D eigenvalue weighted by Crippen LogP contribution is 2.23. The highest BCUT2D eigenvalue weighted by atomic mass is 32.1. The van der Waals surface area contributed by atoms with E-state index in [1.54, 1.807) is 11.3 Å². The molecule has 0 unspecified atom stereocenters. The molecular weight excluding hydrogens is 290 g/mol. The van der Waals surface area contributed by atoms with E-state index in [0.29, 0.717) is 24.8 Å². The number of carboxylic acid groups (broad SMARTS) is 1. The monoisotopic (exact) mass is 309 g/mol. The maximum atomic E-state index is 10.8. The molecule has 2 heterocycles. The summed E-state index contributed by atoms with van der Waals surface area (Å²) in [7, 11) is 0. The average Bonchev–Trinajstić information content (AvgIpc) is 3.03. The first-order chi connectivity index (χ1) is 9.86. The fraction of sp³-hybridized carbons (Fsp3) is 0.500. The van der Waals surface area contributed by atoms with E-state index in [-0.39, 0.29) is 12.0 Å². The molecule has 0 aliphatic rings. The molecule has 0 aliphatic carbocycles. The van der Waals surface area contributed by atoms with E-state index < -0.39 is 5.97 Å². The molecule has 2 aromatic rings. The Bertz CT molecular complexity index is 587. The summed E-state index contributed by atoms with van der Waals surface area (Å²) in [5, 5.41) is 14.8. The third-order valence-electron chi connectivity index (χ3n) is 3.08. The molecule has 7 heteroatoms. The Morgan fingerprint density at radius 2 is 2.24 bits per heavy atom. The smallest absolute Gasteiger partial charge is 0.304 e. The number of rotatable bonds is 6. The van der Waals surface area contributed by atoms with E-state index in [4.69, 9.17) is 9.63 Å². The van der Waals surface area contributed by atoms with E-state index in [0.717, 1.165) is 4.88 Å². The minimum atomic E-state index is -0.811. The molecule has 21 heavy (non-hydrogen) atoms. The molecule has 0 saturated carbocycles. The van der Waals surface area contributed by atoms with Gasteiger partial charge in [0.2, 0.25) is 11.7 Å². The largest absolute Gasteiger partial charge is 0.481 e. The van der Waals surface area contributed by atoms with Crippen LogP contribution in [0.15, 0.2) is 22.0 Å². The van der Waals surface area contributed by atoms with Crippen molar-refractivity contribution in [3.63, 3.8) is 0 Å². The first-order valence-electron chi connectivity index (χ1n) is 6.69. The lowest BCUT2D eigenvalue weighted by atomic mass is 10.1. The Hall–Kier alpha value is -1.73. The van der Waals surface area contributed by atoms with Gasteiger partial charge in [0.25, 0.3) is 0 Å². The summed E-state index contributed by atoms with van der Waals surface area (Å²) in [4.78, 5) is 18.1. The van der Waals surface area contributed by atoms with E-state index in [9.17, 15) is 4.79 Å². The molecule has 2 rings (SSSR count). The number of aromatic nitrogens is 2. The van der Waals surface area contributed by atoms with Crippen molar-refractivity contribution in [1.82, 2.24) is 15.0 Å². The maximum Gasteiger partial charge on any atom is 0.304 e. The number of hydrogen-bond donors (Lipinski definition) is 1. The van der Waals surface area contributed by atoms with Crippen molar-refractivity contribution in [2.24, 2.45) is 0 Å². The van der Waals surface area contributed by atoms with E-state index >= 15 is 0 Å². The quantitative estimate of drug-likeness (QED) is 0.884. The summed E-state index contributed by atoms with van der Waals surface area (Å²) in [5.41, 5.74) is -0.174. The lowest BCUT2D eigenvalue weighted by Crippen LogP contribution is -2.42. The average molecular weight is 309 g/mol. The van der Waals surface area contributed by atoms with Crippen LogP contribution in [0.4, 0.5) is 0 Å². The van der Waals surface area contributed by atoms with Crippen LogP contribution in [0.1, 0.15) is 33.1 Å². The lowest BCUT2D eigenvalue weighted by molar-refractivity contribution is -0.137. The predicted octanol–water partition coefficient (Wildman–Crippen LogP) is 2.87. The van der Waals surface area contributed by atoms with Crippen LogP contribution in [-0.4, -0.2) is 38.2 Å². The Labute approximate surface area is 127 Å². The molecule has 0 atom stereocenters. The molecule has 114 valence electrons. The van der Waals surface area contributed by atoms with Gasteiger partial charge in [-0.25, -0.2) is 0 Å². The minimum Gasteiger partial charge on any atom is -0.481 e. The molecule has 0 amide bonds. The van der Waals surface area contributed by atoms with Gasteiger partial charge in [-0.1, -0.05) is 11.2 Å². The van der Waals surface area contributed by atoms with Gasteiger partial charge < -0.3 is 9.63 Å². The SMILES string of the molecule is CC(C)(C)N(CCC(=O)O)Cc1nc(-c2cccs2)no1. The van der Waals surface area contributed by atoms with Crippen molar-refractivity contribution in [3.8, 4) is 10.7 Å². The van der Waals surface area contributed by atoms with Gasteiger partial charge in [0.1, 0.15) is 0 Å². The highest BCUT2D eigenvalue weighted by Gasteiger charge is 2.24. The van der Waals surface area contributed by atoms with Crippen molar-refractivity contribution in [1.29, 1.82) is 0 Å². The van der Waals surface area contributed by atoms with Gasteiger partial charge in [0.05, 0.1) is 17.8 Å². The van der Waals surface area contributed by atoms with Crippen LogP contribution in [0.25, 0.3) is 10.7 Å². The van der Waals surface area contributed by atoms with Crippen LogP contribution in [0.2, 0.25) is 0 Å². The van der Waals surface area contributed by atoms with E-state index in [1.807, 2.05) is 43.2 Å². The van der Waals surface area contributed by atoms with Gasteiger partial charge in [-0.05, 0) is 32.2 Å². The zero-order valence-corrected chi connectivity index (χ0v) is 13.2. The zero-order valence-electron chi connectivity index (χ0n) is 12.4. The molecule has 6 nitrogen and oxygen atoms in total. The standard InChI is InChI=1S/C14H19N3O3S/c1-14(2,3)17(7-6-12(18)19)9-11-15-13(16-20-11)10-5-4-8-21-10/h4-5,8H,6-7,9H2,1-3H3,(H,18,19). The molecule has 0 spiro atoms.